The van der Waals surface area contributed by atoms with Gasteiger partial charge < -0.3 is 67.7 Å². The Morgan fingerprint density at radius 1 is 0.475 bits per heavy atom. The van der Waals surface area contributed by atoms with Crippen LogP contribution in [0, 0.1) is 0 Å². The lowest BCUT2D eigenvalue weighted by Gasteiger charge is -2.27. The van der Waals surface area contributed by atoms with E-state index in [0.29, 0.717) is 28.5 Å². The normalized spacial score (nSPS) is 13.5. The number of hydrogen-bond donors (Lipinski definition) is 13. The number of H-pyrrole nitrogens is 5. The highest BCUT2D eigenvalue weighted by Gasteiger charge is 2.34. The molecule has 59 heavy (non-hydrogen) atoms. The van der Waals surface area contributed by atoms with Gasteiger partial charge in [0.1, 0.15) is 36.8 Å². The molecule has 0 bridgehead atoms. The molecule has 0 aromatic carbocycles. The first kappa shape index (κ1) is 42.4. The van der Waals surface area contributed by atoms with Crippen molar-refractivity contribution in [3.05, 3.63) is 91.1 Å². The van der Waals surface area contributed by atoms with Crippen LogP contribution in [-0.2, 0) is 65.7 Å². The molecule has 0 unspecified atom stereocenters. The summed E-state index contributed by atoms with van der Waals surface area (Å²) < 4.78 is 0. The summed E-state index contributed by atoms with van der Waals surface area (Å²) in [4.78, 5) is 127. The number of nitrogens with two attached hydrogens (primary N) is 1. The molecule has 5 atom stereocenters. The molecule has 5 aromatic heterocycles. The molecule has 25 nitrogen and oxygen atoms in total. The van der Waals surface area contributed by atoms with Crippen LogP contribution in [0.4, 0.5) is 0 Å². The number of aromatic nitrogens is 10. The summed E-state index contributed by atoms with van der Waals surface area (Å²) in [6, 6.07) is -6.59. The lowest BCUT2D eigenvalue weighted by molar-refractivity contribution is -0.138. The van der Waals surface area contributed by atoms with Gasteiger partial charge in [0.25, 0.3) is 0 Å². The molecular weight excluding hydrogens is 774 g/mol. The van der Waals surface area contributed by atoms with Gasteiger partial charge in [0.15, 0.2) is 0 Å². The molecule has 6 amide bonds. The van der Waals surface area contributed by atoms with E-state index in [9.17, 15) is 33.6 Å². The van der Waals surface area contributed by atoms with Gasteiger partial charge in [-0.2, -0.15) is 0 Å². The van der Waals surface area contributed by atoms with Crippen molar-refractivity contribution in [2.24, 2.45) is 5.73 Å². The van der Waals surface area contributed by atoms with Crippen molar-refractivity contribution in [1.82, 2.24) is 81.7 Å². The van der Waals surface area contributed by atoms with Crippen LogP contribution in [-0.4, -0.2) is 140 Å². The standard InChI is InChI=1S/C34H43N17O8/c35-6-28(52)47-24(2-19-8-37-14-43-19)31(56)49-26(4-21-10-39-16-45-21)33(58)51-27(5-22-11-40-17-46-22)34(59)50-25(3-20-9-38-15-44-20)32(57)48-23(1-18-7-36-13-42-18)30(55)41-12-29(53)54/h7-11,13-17,23-27H,1-6,12,35H2,(H,36,42)(H,37,43)(H,38,44)(H,39,45)(H,40,46)(H,41,55)(H,47,52)(H,48,57)(H,49,56)(H,50,59)(H,51,58)(H,53,54)/t23-,24-,25-,26-,27-/m0/s1. The van der Waals surface area contributed by atoms with E-state index in [1.165, 1.54) is 62.6 Å². The number of aromatic amines is 5. The topological polar surface area (TPSA) is 381 Å². The monoisotopic (exact) mass is 817 g/mol. The van der Waals surface area contributed by atoms with Crippen molar-refractivity contribution in [1.29, 1.82) is 0 Å². The number of carboxylic acids is 1. The maximum Gasteiger partial charge on any atom is 0.322 e. The van der Waals surface area contributed by atoms with Crippen LogP contribution in [0.1, 0.15) is 28.5 Å². The highest BCUT2D eigenvalue weighted by molar-refractivity contribution is 5.97. The molecular formula is C34H43N17O8. The van der Waals surface area contributed by atoms with Crippen molar-refractivity contribution < 1.29 is 38.7 Å². The van der Waals surface area contributed by atoms with Crippen molar-refractivity contribution in [3.63, 3.8) is 0 Å². The Morgan fingerprint density at radius 2 is 0.746 bits per heavy atom. The second-order valence-electron chi connectivity index (χ2n) is 13.1. The zero-order chi connectivity index (χ0) is 42.1. The van der Waals surface area contributed by atoms with Gasteiger partial charge in [0.2, 0.25) is 35.4 Å². The van der Waals surface area contributed by atoms with E-state index in [1.807, 2.05) is 0 Å². The zero-order valence-electron chi connectivity index (χ0n) is 31.2. The van der Waals surface area contributed by atoms with E-state index >= 15 is 0 Å². The maximum atomic E-state index is 14.2. The molecule has 0 aliphatic heterocycles. The average Bonchev–Trinajstić information content (AvgIpc) is 4.07. The van der Waals surface area contributed by atoms with E-state index in [4.69, 9.17) is 10.8 Å². The summed E-state index contributed by atoms with van der Waals surface area (Å²) >= 11 is 0. The number of rotatable bonds is 23. The van der Waals surface area contributed by atoms with Gasteiger partial charge in [0.05, 0.1) is 38.2 Å². The van der Waals surface area contributed by atoms with Crippen molar-refractivity contribution in [3.8, 4) is 0 Å². The number of hydrogen-bond acceptors (Lipinski definition) is 13. The molecule has 14 N–H and O–H groups in total. The number of carbonyl (C=O) groups is 7. The Bertz CT molecular complexity index is 2100. The van der Waals surface area contributed by atoms with Crippen molar-refractivity contribution in [2.45, 2.75) is 62.3 Å². The molecule has 25 heteroatoms. The molecule has 0 aliphatic rings. The molecule has 0 saturated heterocycles. The summed E-state index contributed by atoms with van der Waals surface area (Å²) in [5.74, 6) is -5.98. The van der Waals surface area contributed by atoms with E-state index in [1.54, 1.807) is 0 Å². The smallest absolute Gasteiger partial charge is 0.322 e. The van der Waals surface area contributed by atoms with E-state index in [2.05, 4.69) is 81.7 Å². The molecule has 0 fully saturated rings. The Morgan fingerprint density at radius 3 is 0.983 bits per heavy atom. The summed E-state index contributed by atoms with van der Waals surface area (Å²) in [7, 11) is 0. The van der Waals surface area contributed by atoms with Crippen LogP contribution < -0.4 is 37.6 Å². The molecule has 0 aliphatic carbocycles. The second kappa shape index (κ2) is 21.0. The Kier molecular flexibility index (Phi) is 15.1. The third-order valence-electron chi connectivity index (χ3n) is 8.68. The van der Waals surface area contributed by atoms with Crippen molar-refractivity contribution in [2.75, 3.05) is 13.1 Å². The average molecular weight is 818 g/mol. The van der Waals surface area contributed by atoms with Crippen LogP contribution >= 0.6 is 0 Å². The van der Waals surface area contributed by atoms with Gasteiger partial charge in [-0.05, 0) is 0 Å². The third-order valence-corrected chi connectivity index (χ3v) is 8.68. The Labute approximate surface area is 333 Å². The fourth-order valence-electron chi connectivity index (χ4n) is 5.76. The van der Waals surface area contributed by atoms with Crippen LogP contribution in [0.25, 0.3) is 0 Å². The largest absolute Gasteiger partial charge is 0.480 e. The van der Waals surface area contributed by atoms with Gasteiger partial charge in [-0.15, -0.1) is 0 Å². The van der Waals surface area contributed by atoms with E-state index in [0.717, 1.165) is 0 Å². The number of amides is 6. The molecule has 0 radical (unpaired) electrons. The fraction of sp³-hybridized carbons (Fsp3) is 0.353. The maximum absolute atomic E-state index is 14.2. The second-order valence-corrected chi connectivity index (χ2v) is 13.1. The zero-order valence-corrected chi connectivity index (χ0v) is 31.2. The van der Waals surface area contributed by atoms with E-state index in [-0.39, 0.29) is 32.1 Å². The van der Waals surface area contributed by atoms with Crippen LogP contribution in [0.2, 0.25) is 0 Å². The molecule has 5 aromatic rings. The Hall–Kier alpha value is -7.70. The predicted molar refractivity (Wildman–Crippen MR) is 201 cm³/mol. The van der Waals surface area contributed by atoms with Crippen LogP contribution in [0.15, 0.2) is 62.6 Å². The number of carbonyl (C=O) groups excluding carboxylic acids is 6. The minimum Gasteiger partial charge on any atom is -0.480 e. The number of nitrogens with one attached hydrogen (secondary N) is 11. The molecule has 312 valence electrons. The first-order valence-corrected chi connectivity index (χ1v) is 18.0. The molecule has 0 spiro atoms. The molecule has 5 heterocycles. The lowest BCUT2D eigenvalue weighted by Crippen LogP contribution is -2.60. The van der Waals surface area contributed by atoms with Gasteiger partial charge >= 0.3 is 5.97 Å². The summed E-state index contributed by atoms with van der Waals surface area (Å²) in [5.41, 5.74) is 7.75. The van der Waals surface area contributed by atoms with Crippen LogP contribution in [0.5, 0.6) is 0 Å². The number of nitrogens with zero attached hydrogens (tertiary/aromatic N) is 5. The molecule has 0 saturated carbocycles. The highest BCUT2D eigenvalue weighted by atomic mass is 16.4. The Balaban J connectivity index is 1.38. The highest BCUT2D eigenvalue weighted by Crippen LogP contribution is 2.08. The first-order valence-electron chi connectivity index (χ1n) is 18.0. The number of carboxylic acid groups (broad SMARTS) is 1. The van der Waals surface area contributed by atoms with Crippen molar-refractivity contribution >= 4 is 41.4 Å². The summed E-state index contributed by atoms with van der Waals surface area (Å²) in [6.45, 7) is -1.12. The lowest BCUT2D eigenvalue weighted by atomic mass is 10.0. The quantitative estimate of drug-likeness (QED) is 0.0295. The SMILES string of the molecule is NCC(=O)N[C@@H](Cc1cnc[nH]1)C(=O)N[C@@H](Cc1cnc[nH]1)C(=O)N[C@@H](Cc1cnc[nH]1)C(=O)N[C@@H](Cc1cnc[nH]1)C(=O)N[C@@H](Cc1cnc[nH]1)C(=O)NCC(=O)O. The number of aliphatic carboxylic acids is 1. The van der Waals surface area contributed by atoms with Gasteiger partial charge in [-0.1, -0.05) is 0 Å². The third kappa shape index (κ3) is 13.2. The minimum atomic E-state index is -1.39. The van der Waals surface area contributed by atoms with Gasteiger partial charge in [0, 0.05) is 91.6 Å². The number of imidazole rings is 5. The van der Waals surface area contributed by atoms with Crippen LogP contribution in [0.3, 0.4) is 0 Å². The minimum absolute atomic E-state index is 0.0232. The van der Waals surface area contributed by atoms with E-state index < -0.39 is 84.7 Å². The first-order chi connectivity index (χ1) is 28.5. The summed E-state index contributed by atoms with van der Waals surface area (Å²) in [5, 5.41) is 24.5. The molecule has 5 rings (SSSR count). The predicted octanol–water partition coefficient (Wildman–Crippen LogP) is -4.60. The summed E-state index contributed by atoms with van der Waals surface area (Å²) in [6.07, 6.45) is 13.5. The van der Waals surface area contributed by atoms with Gasteiger partial charge in [-0.3, -0.25) is 33.6 Å². The van der Waals surface area contributed by atoms with Gasteiger partial charge in [-0.25, -0.2) is 24.9 Å². The fourth-order valence-corrected chi connectivity index (χ4v) is 5.76.